The third-order valence-corrected chi connectivity index (χ3v) is 4.19. The molecule has 1 aromatic carbocycles. The Labute approximate surface area is 124 Å². The molecule has 0 aromatic heterocycles. The monoisotopic (exact) mass is 300 g/mol. The van der Waals surface area contributed by atoms with E-state index in [0.717, 1.165) is 37.9 Å². The minimum Gasteiger partial charge on any atom is -0.368 e. The zero-order valence-electron chi connectivity index (χ0n) is 12.4. The van der Waals surface area contributed by atoms with E-state index in [9.17, 15) is 13.2 Å². The van der Waals surface area contributed by atoms with Crippen molar-refractivity contribution >= 4 is 5.69 Å². The van der Waals surface area contributed by atoms with Gasteiger partial charge in [-0.05, 0) is 49.4 Å². The summed E-state index contributed by atoms with van der Waals surface area (Å²) in [5.41, 5.74) is 6.55. The second-order valence-corrected chi connectivity index (χ2v) is 5.68. The Morgan fingerprint density at radius 1 is 1.29 bits per heavy atom. The number of hydrogen-bond acceptors (Lipinski definition) is 2. The van der Waals surface area contributed by atoms with Gasteiger partial charge in [-0.2, -0.15) is 13.2 Å². The molecule has 2 nitrogen and oxygen atoms in total. The minimum atomic E-state index is -4.31. The standard InChI is InChI=1S/C16H23F3N2/c1-2-5-14-6-3-4-9-21(14)15-8-7-13(16(17,18)19)10-12(15)11-20/h7-8,10,14H,2-6,9,11,20H2,1H3. The lowest BCUT2D eigenvalue weighted by Crippen LogP contribution is -2.40. The van der Waals surface area contributed by atoms with Crippen molar-refractivity contribution in [2.45, 2.75) is 57.8 Å². The predicted molar refractivity (Wildman–Crippen MR) is 79.2 cm³/mol. The smallest absolute Gasteiger partial charge is 0.368 e. The lowest BCUT2D eigenvalue weighted by molar-refractivity contribution is -0.137. The summed E-state index contributed by atoms with van der Waals surface area (Å²) in [5, 5.41) is 0. The highest BCUT2D eigenvalue weighted by molar-refractivity contribution is 5.56. The normalized spacial score (nSPS) is 19.9. The van der Waals surface area contributed by atoms with Crippen LogP contribution >= 0.6 is 0 Å². The van der Waals surface area contributed by atoms with E-state index in [0.29, 0.717) is 11.6 Å². The van der Waals surface area contributed by atoms with E-state index < -0.39 is 11.7 Å². The van der Waals surface area contributed by atoms with E-state index in [2.05, 4.69) is 11.8 Å². The van der Waals surface area contributed by atoms with Gasteiger partial charge in [0.1, 0.15) is 0 Å². The molecule has 1 aromatic rings. The lowest BCUT2D eigenvalue weighted by Gasteiger charge is -2.39. The maximum atomic E-state index is 12.8. The van der Waals surface area contributed by atoms with Crippen molar-refractivity contribution in [3.8, 4) is 0 Å². The van der Waals surface area contributed by atoms with Crippen molar-refractivity contribution in [3.63, 3.8) is 0 Å². The van der Waals surface area contributed by atoms with Crippen LogP contribution in [0.3, 0.4) is 0 Å². The van der Waals surface area contributed by atoms with E-state index in [1.807, 2.05) is 0 Å². The number of halogens is 3. The van der Waals surface area contributed by atoms with Crippen molar-refractivity contribution in [1.82, 2.24) is 0 Å². The number of alkyl halides is 3. The summed E-state index contributed by atoms with van der Waals surface area (Å²) in [4.78, 5) is 2.26. The molecule has 0 spiro atoms. The fourth-order valence-electron chi connectivity index (χ4n) is 3.16. The van der Waals surface area contributed by atoms with E-state index in [1.165, 1.54) is 18.6 Å². The first-order valence-corrected chi connectivity index (χ1v) is 7.64. The topological polar surface area (TPSA) is 29.3 Å². The van der Waals surface area contributed by atoms with Crippen molar-refractivity contribution in [3.05, 3.63) is 29.3 Å². The van der Waals surface area contributed by atoms with Crippen molar-refractivity contribution < 1.29 is 13.2 Å². The highest BCUT2D eigenvalue weighted by atomic mass is 19.4. The lowest BCUT2D eigenvalue weighted by atomic mass is 9.96. The van der Waals surface area contributed by atoms with Crippen LogP contribution in [0.4, 0.5) is 18.9 Å². The molecule has 1 unspecified atom stereocenters. The maximum Gasteiger partial charge on any atom is 0.416 e. The van der Waals surface area contributed by atoms with E-state index in [1.54, 1.807) is 6.07 Å². The molecule has 0 bridgehead atoms. The molecule has 1 aliphatic rings. The first-order valence-electron chi connectivity index (χ1n) is 7.64. The van der Waals surface area contributed by atoms with Crippen LogP contribution in [-0.4, -0.2) is 12.6 Å². The number of nitrogens with zero attached hydrogens (tertiary/aromatic N) is 1. The molecule has 1 heterocycles. The van der Waals surface area contributed by atoms with Gasteiger partial charge in [-0.1, -0.05) is 13.3 Å². The molecule has 1 aliphatic heterocycles. The van der Waals surface area contributed by atoms with Gasteiger partial charge in [-0.25, -0.2) is 0 Å². The molecule has 21 heavy (non-hydrogen) atoms. The number of hydrogen-bond donors (Lipinski definition) is 1. The van der Waals surface area contributed by atoms with E-state index >= 15 is 0 Å². The van der Waals surface area contributed by atoms with Crippen molar-refractivity contribution in [1.29, 1.82) is 0 Å². The Balaban J connectivity index is 2.33. The van der Waals surface area contributed by atoms with Crippen LogP contribution in [0, 0.1) is 0 Å². The number of rotatable bonds is 4. The maximum absolute atomic E-state index is 12.8. The SMILES string of the molecule is CCCC1CCCCN1c1ccc(C(F)(F)F)cc1CN. The molecule has 0 radical (unpaired) electrons. The van der Waals surface area contributed by atoms with Gasteiger partial charge in [0, 0.05) is 24.8 Å². The van der Waals surface area contributed by atoms with Crippen LogP contribution in [0.5, 0.6) is 0 Å². The molecule has 1 fully saturated rings. The summed E-state index contributed by atoms with van der Waals surface area (Å²) in [6, 6.07) is 4.39. The summed E-state index contributed by atoms with van der Waals surface area (Å²) in [7, 11) is 0. The van der Waals surface area contributed by atoms with Crippen LogP contribution < -0.4 is 10.6 Å². The third kappa shape index (κ3) is 3.70. The Morgan fingerprint density at radius 3 is 2.67 bits per heavy atom. The zero-order chi connectivity index (χ0) is 15.5. The van der Waals surface area contributed by atoms with Gasteiger partial charge in [0.05, 0.1) is 5.56 Å². The molecule has 0 aliphatic carbocycles. The molecule has 2 N–H and O–H groups in total. The van der Waals surface area contributed by atoms with Crippen LogP contribution in [0.15, 0.2) is 18.2 Å². The summed E-state index contributed by atoms with van der Waals surface area (Å²) < 4.78 is 38.5. The van der Waals surface area contributed by atoms with Gasteiger partial charge in [-0.15, -0.1) is 0 Å². The Hall–Kier alpha value is -1.23. The van der Waals surface area contributed by atoms with Crippen LogP contribution in [0.25, 0.3) is 0 Å². The number of nitrogens with two attached hydrogens (primary N) is 1. The molecule has 0 saturated carbocycles. The Bertz CT molecular complexity index is 469. The Morgan fingerprint density at radius 2 is 2.05 bits per heavy atom. The van der Waals surface area contributed by atoms with Crippen LogP contribution in [0.2, 0.25) is 0 Å². The van der Waals surface area contributed by atoms with Crippen LogP contribution in [-0.2, 0) is 12.7 Å². The first kappa shape index (κ1) is 16.1. The van der Waals surface area contributed by atoms with Crippen molar-refractivity contribution in [2.24, 2.45) is 5.73 Å². The van der Waals surface area contributed by atoms with E-state index in [-0.39, 0.29) is 6.54 Å². The summed E-state index contributed by atoms with van der Waals surface area (Å²) in [6.07, 6.45) is 1.24. The van der Waals surface area contributed by atoms with Gasteiger partial charge in [0.15, 0.2) is 0 Å². The molecule has 5 heteroatoms. The zero-order valence-corrected chi connectivity index (χ0v) is 12.4. The van der Waals surface area contributed by atoms with E-state index in [4.69, 9.17) is 5.73 Å². The molecule has 0 amide bonds. The average Bonchev–Trinajstić information content (AvgIpc) is 2.46. The largest absolute Gasteiger partial charge is 0.416 e. The van der Waals surface area contributed by atoms with Crippen LogP contribution in [0.1, 0.15) is 50.2 Å². The molecule has 118 valence electrons. The fourth-order valence-corrected chi connectivity index (χ4v) is 3.16. The summed E-state index contributed by atoms with van der Waals surface area (Å²) in [5.74, 6) is 0. The van der Waals surface area contributed by atoms with Gasteiger partial charge < -0.3 is 10.6 Å². The fraction of sp³-hybridized carbons (Fsp3) is 0.625. The van der Waals surface area contributed by atoms with Crippen molar-refractivity contribution in [2.75, 3.05) is 11.4 Å². The summed E-state index contributed by atoms with van der Waals surface area (Å²) >= 11 is 0. The number of piperidine rings is 1. The quantitative estimate of drug-likeness (QED) is 0.897. The summed E-state index contributed by atoms with van der Waals surface area (Å²) in [6.45, 7) is 3.18. The third-order valence-electron chi connectivity index (χ3n) is 4.19. The average molecular weight is 300 g/mol. The second-order valence-electron chi connectivity index (χ2n) is 5.68. The number of anilines is 1. The molecule has 1 saturated heterocycles. The second kappa shape index (κ2) is 6.69. The first-order chi connectivity index (χ1) is 9.97. The van der Waals surface area contributed by atoms with Gasteiger partial charge in [-0.3, -0.25) is 0 Å². The number of benzene rings is 1. The highest BCUT2D eigenvalue weighted by Crippen LogP contribution is 2.35. The molecule has 1 atom stereocenters. The van der Waals surface area contributed by atoms with Gasteiger partial charge in [0.25, 0.3) is 0 Å². The predicted octanol–water partition coefficient (Wildman–Crippen LogP) is 4.32. The molecular formula is C16H23F3N2. The van der Waals surface area contributed by atoms with Gasteiger partial charge in [0.2, 0.25) is 0 Å². The highest BCUT2D eigenvalue weighted by Gasteiger charge is 2.32. The van der Waals surface area contributed by atoms with Gasteiger partial charge >= 0.3 is 6.18 Å². The molecular weight excluding hydrogens is 277 g/mol. The Kier molecular flexibility index (Phi) is 5.14. The minimum absolute atomic E-state index is 0.134. The molecule has 2 rings (SSSR count).